The third-order valence-corrected chi connectivity index (χ3v) is 7.20. The van der Waals surface area contributed by atoms with Crippen molar-refractivity contribution in [3.8, 4) is 11.5 Å². The molecule has 2 aliphatic rings. The van der Waals surface area contributed by atoms with Gasteiger partial charge in [0.1, 0.15) is 17.6 Å². The Hall–Kier alpha value is -2.45. The van der Waals surface area contributed by atoms with Gasteiger partial charge in [-0.15, -0.1) is 0 Å². The zero-order chi connectivity index (χ0) is 23.4. The second-order valence-corrected chi connectivity index (χ2v) is 9.47. The maximum absolute atomic E-state index is 11.3. The van der Waals surface area contributed by atoms with Gasteiger partial charge in [0, 0.05) is 61.9 Å². The Bertz CT molecular complexity index is 946. The molecular formula is C25H31BrN2O5. The monoisotopic (exact) mass is 518 g/mol. The van der Waals surface area contributed by atoms with Gasteiger partial charge in [-0.1, -0.05) is 0 Å². The normalized spacial score (nSPS) is 21.3. The Labute approximate surface area is 203 Å². The molecule has 0 aliphatic carbocycles. The molecule has 7 nitrogen and oxygen atoms in total. The van der Waals surface area contributed by atoms with Gasteiger partial charge in [-0.25, -0.2) is 0 Å². The van der Waals surface area contributed by atoms with Crippen LogP contribution in [0.1, 0.15) is 25.7 Å². The van der Waals surface area contributed by atoms with Gasteiger partial charge < -0.3 is 29.1 Å². The summed E-state index contributed by atoms with van der Waals surface area (Å²) in [5.74, 6) is 0.915. The van der Waals surface area contributed by atoms with Gasteiger partial charge >= 0.3 is 5.97 Å². The number of halogens is 1. The number of hydrogen-bond donors (Lipinski definition) is 1. The zero-order valence-electron chi connectivity index (χ0n) is 19.1. The molecule has 0 saturated carbocycles. The molecule has 1 N–H and O–H groups in total. The molecule has 0 spiro atoms. The van der Waals surface area contributed by atoms with Crippen LogP contribution in [0, 0.1) is 0 Å². The molecule has 2 aromatic carbocycles. The standard InChI is InChI=1S/C25H31BrN2O5/c1-31-21-7-8-23(26)24(15-21)27-11-9-20(10-12-27)33-19-5-3-17(4-6-19)28-16-22(32-2)13-18(28)14-25(29)30/h3-8,15,18,20,22H,9-14,16H2,1-2H3,(H,29,30)/t18-,22-/m1/s1. The van der Waals surface area contributed by atoms with E-state index in [9.17, 15) is 9.90 Å². The predicted molar refractivity (Wildman–Crippen MR) is 132 cm³/mol. The van der Waals surface area contributed by atoms with Crippen molar-refractivity contribution in [1.29, 1.82) is 0 Å². The van der Waals surface area contributed by atoms with Gasteiger partial charge in [-0.2, -0.15) is 0 Å². The number of piperidine rings is 1. The summed E-state index contributed by atoms with van der Waals surface area (Å²) in [6.45, 7) is 2.53. The van der Waals surface area contributed by atoms with E-state index in [0.29, 0.717) is 6.54 Å². The minimum atomic E-state index is -0.783. The molecule has 4 rings (SSSR count). The summed E-state index contributed by atoms with van der Waals surface area (Å²) in [5, 5.41) is 9.26. The quantitative estimate of drug-likeness (QED) is 0.548. The van der Waals surface area contributed by atoms with Crippen LogP contribution in [0.25, 0.3) is 0 Å². The predicted octanol–water partition coefficient (Wildman–Crippen LogP) is 4.57. The molecule has 2 atom stereocenters. The van der Waals surface area contributed by atoms with Gasteiger partial charge in [0.05, 0.1) is 25.3 Å². The van der Waals surface area contributed by atoms with Crippen LogP contribution < -0.4 is 19.3 Å². The van der Waals surface area contributed by atoms with E-state index in [2.05, 4.69) is 31.8 Å². The van der Waals surface area contributed by atoms with Crippen LogP contribution in [-0.2, 0) is 9.53 Å². The average molecular weight is 519 g/mol. The van der Waals surface area contributed by atoms with Crippen molar-refractivity contribution in [2.75, 3.05) is 43.7 Å². The first-order valence-electron chi connectivity index (χ1n) is 11.3. The van der Waals surface area contributed by atoms with Crippen molar-refractivity contribution >= 4 is 33.3 Å². The van der Waals surface area contributed by atoms with Crippen LogP contribution in [0.2, 0.25) is 0 Å². The van der Waals surface area contributed by atoms with Crippen LogP contribution in [0.4, 0.5) is 11.4 Å². The van der Waals surface area contributed by atoms with Gasteiger partial charge in [0.25, 0.3) is 0 Å². The Morgan fingerprint density at radius 3 is 2.39 bits per heavy atom. The number of benzene rings is 2. The van der Waals surface area contributed by atoms with E-state index in [-0.39, 0.29) is 24.7 Å². The fraction of sp³-hybridized carbons (Fsp3) is 0.480. The lowest BCUT2D eigenvalue weighted by Gasteiger charge is -2.34. The number of hydrogen-bond acceptors (Lipinski definition) is 6. The summed E-state index contributed by atoms with van der Waals surface area (Å²) < 4.78 is 18.2. The molecule has 0 radical (unpaired) electrons. The number of carboxylic acids is 1. The highest BCUT2D eigenvalue weighted by Gasteiger charge is 2.33. The highest BCUT2D eigenvalue weighted by molar-refractivity contribution is 9.10. The van der Waals surface area contributed by atoms with Crippen molar-refractivity contribution in [2.24, 2.45) is 0 Å². The molecule has 2 saturated heterocycles. The maximum atomic E-state index is 11.3. The first kappa shape index (κ1) is 23.7. The number of nitrogens with zero attached hydrogens (tertiary/aromatic N) is 2. The van der Waals surface area contributed by atoms with Crippen LogP contribution in [-0.4, -0.2) is 63.2 Å². The molecule has 0 unspecified atom stereocenters. The number of carbonyl (C=O) groups is 1. The largest absolute Gasteiger partial charge is 0.497 e. The second kappa shape index (κ2) is 10.7. The zero-order valence-corrected chi connectivity index (χ0v) is 20.7. The lowest BCUT2D eigenvalue weighted by molar-refractivity contribution is -0.137. The first-order chi connectivity index (χ1) is 16.0. The highest BCUT2D eigenvalue weighted by Crippen LogP contribution is 2.34. The number of carboxylic acid groups (broad SMARTS) is 1. The smallest absolute Gasteiger partial charge is 0.305 e. The Kier molecular flexibility index (Phi) is 7.65. The summed E-state index contributed by atoms with van der Waals surface area (Å²) in [4.78, 5) is 15.8. The number of ether oxygens (including phenoxy) is 3. The van der Waals surface area contributed by atoms with Crippen molar-refractivity contribution in [3.63, 3.8) is 0 Å². The number of aliphatic carboxylic acids is 1. The molecule has 2 heterocycles. The SMILES string of the molecule is COc1ccc(Br)c(N2CCC(Oc3ccc(N4C[C@H](OC)C[C@@H]4CC(=O)O)cc3)CC2)c1. The molecule has 178 valence electrons. The van der Waals surface area contributed by atoms with Gasteiger partial charge in [-0.3, -0.25) is 4.79 Å². The molecule has 2 aromatic rings. The van der Waals surface area contributed by atoms with Gasteiger partial charge in [0.2, 0.25) is 0 Å². The Balaban J connectivity index is 1.34. The summed E-state index contributed by atoms with van der Waals surface area (Å²) in [7, 11) is 3.37. The topological polar surface area (TPSA) is 71.5 Å². The number of rotatable bonds is 8. The van der Waals surface area contributed by atoms with Crippen molar-refractivity contribution in [3.05, 3.63) is 46.9 Å². The lowest BCUT2D eigenvalue weighted by atomic mass is 10.1. The van der Waals surface area contributed by atoms with Crippen LogP contribution >= 0.6 is 15.9 Å². The summed E-state index contributed by atoms with van der Waals surface area (Å²) in [5.41, 5.74) is 2.15. The molecule has 33 heavy (non-hydrogen) atoms. The molecule has 0 bridgehead atoms. The summed E-state index contributed by atoms with van der Waals surface area (Å²) in [6.07, 6.45) is 2.94. The third kappa shape index (κ3) is 5.73. The average Bonchev–Trinajstić information content (AvgIpc) is 3.23. The van der Waals surface area contributed by atoms with Crippen LogP contribution in [0.5, 0.6) is 11.5 Å². The minimum absolute atomic E-state index is 0.0556. The number of anilines is 2. The highest BCUT2D eigenvalue weighted by atomic mass is 79.9. The summed E-state index contributed by atoms with van der Waals surface area (Å²) in [6, 6.07) is 14.0. The lowest BCUT2D eigenvalue weighted by Crippen LogP contribution is -2.38. The van der Waals surface area contributed by atoms with E-state index in [1.165, 1.54) is 0 Å². The van der Waals surface area contributed by atoms with E-state index in [4.69, 9.17) is 14.2 Å². The van der Waals surface area contributed by atoms with Gasteiger partial charge in [-0.05, 0) is 58.7 Å². The van der Waals surface area contributed by atoms with E-state index in [0.717, 1.165) is 59.7 Å². The molecule has 2 aliphatic heterocycles. The minimum Gasteiger partial charge on any atom is -0.497 e. The molecule has 2 fully saturated rings. The molecule has 0 aromatic heterocycles. The molecular weight excluding hydrogens is 488 g/mol. The molecule has 8 heteroatoms. The first-order valence-corrected chi connectivity index (χ1v) is 12.1. The fourth-order valence-electron chi connectivity index (χ4n) is 4.74. The van der Waals surface area contributed by atoms with E-state index < -0.39 is 5.97 Å². The van der Waals surface area contributed by atoms with Crippen molar-refractivity contribution in [2.45, 2.75) is 43.9 Å². The third-order valence-electron chi connectivity index (χ3n) is 6.53. The Morgan fingerprint density at radius 1 is 1.06 bits per heavy atom. The molecule has 0 amide bonds. The second-order valence-electron chi connectivity index (χ2n) is 8.61. The van der Waals surface area contributed by atoms with E-state index in [1.54, 1.807) is 14.2 Å². The van der Waals surface area contributed by atoms with Crippen molar-refractivity contribution in [1.82, 2.24) is 0 Å². The van der Waals surface area contributed by atoms with Crippen LogP contribution in [0.15, 0.2) is 46.9 Å². The van der Waals surface area contributed by atoms with Crippen LogP contribution in [0.3, 0.4) is 0 Å². The maximum Gasteiger partial charge on any atom is 0.305 e. The van der Waals surface area contributed by atoms with E-state index >= 15 is 0 Å². The van der Waals surface area contributed by atoms with Gasteiger partial charge in [0.15, 0.2) is 0 Å². The van der Waals surface area contributed by atoms with E-state index in [1.807, 2.05) is 36.4 Å². The Morgan fingerprint density at radius 2 is 1.76 bits per heavy atom. The summed E-state index contributed by atoms with van der Waals surface area (Å²) >= 11 is 3.65. The van der Waals surface area contributed by atoms with Crippen molar-refractivity contribution < 1.29 is 24.1 Å². The fourth-order valence-corrected chi connectivity index (χ4v) is 5.24. The number of methoxy groups -OCH3 is 2.